The number of aromatic nitrogens is 2. The van der Waals surface area contributed by atoms with Crippen molar-refractivity contribution in [1.82, 2.24) is 9.97 Å². The van der Waals surface area contributed by atoms with Crippen LogP contribution in [0.1, 0.15) is 56.0 Å². The van der Waals surface area contributed by atoms with Crippen LogP contribution in [0, 0.1) is 0 Å². The van der Waals surface area contributed by atoms with Gasteiger partial charge in [-0.25, -0.2) is 9.97 Å². The van der Waals surface area contributed by atoms with Gasteiger partial charge in [0.2, 0.25) is 0 Å². The molecule has 0 spiro atoms. The van der Waals surface area contributed by atoms with Gasteiger partial charge in [0.1, 0.15) is 11.4 Å². The number of nitrogen functional groups attached to an aromatic ring is 1. The summed E-state index contributed by atoms with van der Waals surface area (Å²) in [7, 11) is 1.75. The summed E-state index contributed by atoms with van der Waals surface area (Å²) in [6.45, 7) is 0. The Morgan fingerprint density at radius 3 is 2.50 bits per heavy atom. The molecule has 0 aromatic carbocycles. The maximum absolute atomic E-state index is 6.01. The number of halogens is 1. The maximum Gasteiger partial charge on any atom is 0.162 e. The molecule has 18 heavy (non-hydrogen) atoms. The van der Waals surface area contributed by atoms with Crippen LogP contribution < -0.4 is 5.73 Å². The van der Waals surface area contributed by atoms with E-state index in [1.165, 1.54) is 25.7 Å². The first-order chi connectivity index (χ1) is 8.66. The Bertz CT molecular complexity index is 468. The van der Waals surface area contributed by atoms with Gasteiger partial charge in [-0.3, -0.25) is 0 Å². The van der Waals surface area contributed by atoms with Crippen LogP contribution in [0.15, 0.2) is 4.47 Å². The Hall–Kier alpha value is -0.680. The van der Waals surface area contributed by atoms with Crippen LogP contribution in [0.2, 0.25) is 0 Å². The molecular weight excluding hydrogens is 294 g/mol. The van der Waals surface area contributed by atoms with Crippen LogP contribution in [-0.4, -0.2) is 17.1 Å². The number of rotatable bonds is 3. The molecule has 0 atom stereocenters. The van der Waals surface area contributed by atoms with Crippen molar-refractivity contribution in [2.45, 2.75) is 50.0 Å². The van der Waals surface area contributed by atoms with Gasteiger partial charge in [-0.2, -0.15) is 0 Å². The van der Waals surface area contributed by atoms with Crippen molar-refractivity contribution in [3.63, 3.8) is 0 Å². The minimum Gasteiger partial charge on any atom is -0.383 e. The summed E-state index contributed by atoms with van der Waals surface area (Å²) in [6, 6.07) is 0. The second-order valence-electron chi connectivity index (χ2n) is 5.31. The highest BCUT2D eigenvalue weighted by Crippen LogP contribution is 2.46. The molecule has 0 radical (unpaired) electrons. The maximum atomic E-state index is 6.01. The first-order valence-corrected chi connectivity index (χ1v) is 7.34. The number of methoxy groups -OCH3 is 1. The highest BCUT2D eigenvalue weighted by Gasteiger charge is 2.40. The van der Waals surface area contributed by atoms with Crippen molar-refractivity contribution >= 4 is 21.7 Å². The van der Waals surface area contributed by atoms with E-state index >= 15 is 0 Å². The smallest absolute Gasteiger partial charge is 0.162 e. The molecule has 0 unspecified atom stereocenters. The molecule has 2 saturated carbocycles. The fraction of sp³-hybridized carbons (Fsp3) is 0.692. The summed E-state index contributed by atoms with van der Waals surface area (Å²) in [5.41, 5.74) is 6.78. The lowest BCUT2D eigenvalue weighted by Crippen LogP contribution is -2.28. The number of nitrogens with two attached hydrogens (primary N) is 1. The van der Waals surface area contributed by atoms with Crippen molar-refractivity contribution < 1.29 is 4.74 Å². The van der Waals surface area contributed by atoms with Gasteiger partial charge in [0.25, 0.3) is 0 Å². The molecule has 2 N–H and O–H groups in total. The highest BCUT2D eigenvalue weighted by atomic mass is 79.9. The molecule has 0 aliphatic heterocycles. The molecule has 0 saturated heterocycles. The topological polar surface area (TPSA) is 61.0 Å². The average Bonchev–Trinajstić information content (AvgIpc) is 3.10. The summed E-state index contributed by atoms with van der Waals surface area (Å²) >= 11 is 3.51. The molecule has 3 rings (SSSR count). The lowest BCUT2D eigenvalue weighted by molar-refractivity contribution is -0.0163. The van der Waals surface area contributed by atoms with E-state index in [2.05, 4.69) is 20.9 Å². The molecule has 1 aromatic rings. The normalized spacial score (nSPS) is 22.3. The van der Waals surface area contributed by atoms with Gasteiger partial charge >= 0.3 is 0 Å². The van der Waals surface area contributed by atoms with E-state index < -0.39 is 0 Å². The lowest BCUT2D eigenvalue weighted by atomic mass is 10.0. The monoisotopic (exact) mass is 311 g/mol. The minimum absolute atomic E-state index is 0.307. The van der Waals surface area contributed by atoms with Crippen molar-refractivity contribution in [3.8, 4) is 0 Å². The Morgan fingerprint density at radius 2 is 1.94 bits per heavy atom. The van der Waals surface area contributed by atoms with E-state index in [1.807, 2.05) is 0 Å². The molecule has 4 nitrogen and oxygen atoms in total. The number of nitrogens with zero attached hydrogens (tertiary/aromatic N) is 2. The molecule has 98 valence electrons. The van der Waals surface area contributed by atoms with E-state index in [-0.39, 0.29) is 5.60 Å². The second-order valence-corrected chi connectivity index (χ2v) is 6.10. The van der Waals surface area contributed by atoms with Crippen LogP contribution in [0.4, 0.5) is 5.82 Å². The average molecular weight is 312 g/mol. The van der Waals surface area contributed by atoms with Gasteiger partial charge < -0.3 is 10.5 Å². The van der Waals surface area contributed by atoms with Gasteiger partial charge in [0.05, 0.1) is 10.2 Å². The molecular formula is C13H18BrN3O. The fourth-order valence-corrected chi connectivity index (χ4v) is 3.28. The Morgan fingerprint density at radius 1 is 1.28 bits per heavy atom. The van der Waals surface area contributed by atoms with E-state index in [0.717, 1.165) is 28.8 Å². The summed E-state index contributed by atoms with van der Waals surface area (Å²) < 4.78 is 6.61. The van der Waals surface area contributed by atoms with Gasteiger partial charge in [-0.05, 0) is 54.5 Å². The quantitative estimate of drug-likeness (QED) is 0.931. The lowest BCUT2D eigenvalue weighted by Gasteiger charge is -2.26. The molecule has 1 aromatic heterocycles. The largest absolute Gasteiger partial charge is 0.383 e. The predicted molar refractivity (Wildman–Crippen MR) is 73.3 cm³/mol. The molecule has 1 heterocycles. The van der Waals surface area contributed by atoms with Crippen LogP contribution in [-0.2, 0) is 10.3 Å². The third kappa shape index (κ3) is 1.93. The van der Waals surface area contributed by atoms with Crippen molar-refractivity contribution in [2.75, 3.05) is 12.8 Å². The van der Waals surface area contributed by atoms with E-state index in [4.69, 9.17) is 15.5 Å². The van der Waals surface area contributed by atoms with E-state index in [0.29, 0.717) is 11.7 Å². The Labute approximate surface area is 115 Å². The standard InChI is InChI=1S/C13H18BrN3O/c1-18-13(6-2-3-7-13)12-16-10(8-4-5-8)9(14)11(15)17-12/h8H,2-7H2,1H3,(H2,15,16,17). The van der Waals surface area contributed by atoms with Gasteiger partial charge in [0, 0.05) is 13.0 Å². The van der Waals surface area contributed by atoms with Crippen molar-refractivity contribution in [2.24, 2.45) is 0 Å². The van der Waals surface area contributed by atoms with Crippen molar-refractivity contribution in [1.29, 1.82) is 0 Å². The number of ether oxygens (including phenoxy) is 1. The van der Waals surface area contributed by atoms with E-state index in [9.17, 15) is 0 Å². The predicted octanol–water partition coefficient (Wildman–Crippen LogP) is 3.11. The highest BCUT2D eigenvalue weighted by molar-refractivity contribution is 9.10. The summed E-state index contributed by atoms with van der Waals surface area (Å²) in [4.78, 5) is 9.22. The summed E-state index contributed by atoms with van der Waals surface area (Å²) in [5.74, 6) is 1.88. The number of hydrogen-bond acceptors (Lipinski definition) is 4. The zero-order valence-corrected chi connectivity index (χ0v) is 12.2. The molecule has 0 amide bonds. The van der Waals surface area contributed by atoms with Crippen LogP contribution in [0.3, 0.4) is 0 Å². The zero-order chi connectivity index (χ0) is 12.8. The Balaban J connectivity index is 2.06. The van der Waals surface area contributed by atoms with Crippen LogP contribution >= 0.6 is 15.9 Å². The fourth-order valence-electron chi connectivity index (χ4n) is 2.78. The second kappa shape index (κ2) is 4.46. The van der Waals surface area contributed by atoms with Crippen LogP contribution in [0.5, 0.6) is 0 Å². The molecule has 2 aliphatic carbocycles. The Kier molecular flexibility index (Phi) is 3.06. The number of anilines is 1. The SMILES string of the molecule is COC1(c2nc(N)c(Br)c(C3CC3)n2)CCCC1. The van der Waals surface area contributed by atoms with Gasteiger partial charge in [0.15, 0.2) is 5.82 Å². The minimum atomic E-state index is -0.307. The number of hydrogen-bond donors (Lipinski definition) is 1. The van der Waals surface area contributed by atoms with Crippen LogP contribution in [0.25, 0.3) is 0 Å². The molecule has 2 aliphatic rings. The summed E-state index contributed by atoms with van der Waals surface area (Å²) in [6.07, 6.45) is 6.74. The molecule has 5 heteroatoms. The summed E-state index contributed by atoms with van der Waals surface area (Å²) in [5, 5.41) is 0. The van der Waals surface area contributed by atoms with E-state index in [1.54, 1.807) is 7.11 Å². The molecule has 0 bridgehead atoms. The molecule has 2 fully saturated rings. The third-order valence-corrected chi connectivity index (χ3v) is 4.89. The van der Waals surface area contributed by atoms with Gasteiger partial charge in [-0.1, -0.05) is 0 Å². The van der Waals surface area contributed by atoms with Crippen molar-refractivity contribution in [3.05, 3.63) is 16.0 Å². The zero-order valence-electron chi connectivity index (χ0n) is 10.6. The first-order valence-electron chi connectivity index (χ1n) is 6.55. The van der Waals surface area contributed by atoms with Gasteiger partial charge in [-0.15, -0.1) is 0 Å². The first kappa shape index (κ1) is 12.4. The third-order valence-electron chi connectivity index (χ3n) is 4.08.